The summed E-state index contributed by atoms with van der Waals surface area (Å²) in [6.07, 6.45) is 2.30. The van der Waals surface area contributed by atoms with E-state index < -0.39 is 20.0 Å². The number of hydrogen-bond acceptors (Lipinski definition) is 6. The van der Waals surface area contributed by atoms with Crippen molar-refractivity contribution in [3.05, 3.63) is 131 Å². The third kappa shape index (κ3) is 9.40. The van der Waals surface area contributed by atoms with Gasteiger partial charge in [0.25, 0.3) is 11.8 Å². The summed E-state index contributed by atoms with van der Waals surface area (Å²) in [5.74, 6) is -0.659. The maximum atomic E-state index is 12.8. The molecule has 12 heteroatoms. The van der Waals surface area contributed by atoms with Crippen LogP contribution in [0.15, 0.2) is 109 Å². The molecule has 4 rings (SSSR count). The normalized spacial score (nSPS) is 12.2. The number of nitrogens with one attached hydrogen (secondary N) is 2. The van der Waals surface area contributed by atoms with E-state index in [1.54, 1.807) is 104 Å². The Hall–Kier alpha value is -4.68. The van der Waals surface area contributed by atoms with Crippen molar-refractivity contribution in [2.24, 2.45) is 0 Å². The average Bonchev–Trinajstić information content (AvgIpc) is 3.01. The number of rotatable bonds is 13. The molecule has 0 aromatic heterocycles. The Morgan fingerprint density at radius 3 is 1.36 bits per heavy atom. The molecule has 1 atom stereocenters. The van der Waals surface area contributed by atoms with Crippen molar-refractivity contribution in [1.29, 1.82) is 0 Å². The van der Waals surface area contributed by atoms with Gasteiger partial charge in [-0.3, -0.25) is 18.2 Å². The van der Waals surface area contributed by atoms with Gasteiger partial charge in [0.1, 0.15) is 0 Å². The molecule has 0 aliphatic heterocycles. The molecule has 0 saturated heterocycles. The van der Waals surface area contributed by atoms with Crippen LogP contribution in [-0.4, -0.2) is 53.7 Å². The first-order valence-electron chi connectivity index (χ1n) is 14.1. The fourth-order valence-corrected chi connectivity index (χ4v) is 6.33. The Labute approximate surface area is 264 Å². The number of carbonyl (C=O) groups is 2. The summed E-state index contributed by atoms with van der Waals surface area (Å²) >= 11 is 0. The predicted octanol–water partition coefficient (Wildman–Crippen LogP) is 4.17. The lowest BCUT2D eigenvalue weighted by Gasteiger charge is -2.22. The zero-order valence-electron chi connectivity index (χ0n) is 25.3. The molecule has 0 aliphatic carbocycles. The van der Waals surface area contributed by atoms with Crippen molar-refractivity contribution in [1.82, 2.24) is 10.6 Å². The second kappa shape index (κ2) is 14.4. The molecule has 0 heterocycles. The minimum atomic E-state index is -3.52. The van der Waals surface area contributed by atoms with Crippen LogP contribution in [0.25, 0.3) is 0 Å². The van der Waals surface area contributed by atoms with E-state index in [9.17, 15) is 26.4 Å². The van der Waals surface area contributed by atoms with E-state index in [2.05, 4.69) is 10.6 Å². The number of nitrogens with zero attached hydrogens (tertiary/aromatic N) is 2. The van der Waals surface area contributed by atoms with E-state index in [0.717, 1.165) is 23.6 Å². The highest BCUT2D eigenvalue weighted by molar-refractivity contribution is 7.92. The highest BCUT2D eigenvalue weighted by atomic mass is 32.2. The van der Waals surface area contributed by atoms with Gasteiger partial charge in [0.2, 0.25) is 20.0 Å². The fourth-order valence-electron chi connectivity index (χ4n) is 4.55. The highest BCUT2D eigenvalue weighted by Gasteiger charge is 2.19. The number of sulfonamides is 2. The van der Waals surface area contributed by atoms with Crippen molar-refractivity contribution in [3.63, 3.8) is 0 Å². The van der Waals surface area contributed by atoms with Gasteiger partial charge in [-0.25, -0.2) is 16.8 Å². The van der Waals surface area contributed by atoms with Crippen molar-refractivity contribution < 1.29 is 26.4 Å². The smallest absolute Gasteiger partial charge is 0.251 e. The summed E-state index contributed by atoms with van der Waals surface area (Å²) in [5, 5.41) is 5.66. The number of anilines is 2. The van der Waals surface area contributed by atoms with Crippen molar-refractivity contribution in [2.75, 3.05) is 27.7 Å². The third-order valence-corrected chi connectivity index (χ3v) is 9.20. The lowest BCUT2D eigenvalue weighted by molar-refractivity contribution is 0.0912. The quantitative estimate of drug-likeness (QED) is 0.224. The Morgan fingerprint density at radius 1 is 0.600 bits per heavy atom. The maximum absolute atomic E-state index is 12.8. The van der Waals surface area contributed by atoms with Crippen molar-refractivity contribution >= 4 is 43.2 Å². The molecule has 45 heavy (non-hydrogen) atoms. The summed E-state index contributed by atoms with van der Waals surface area (Å²) in [7, 11) is -7.04. The van der Waals surface area contributed by atoms with Crippen molar-refractivity contribution in [3.8, 4) is 0 Å². The van der Waals surface area contributed by atoms with Gasteiger partial charge < -0.3 is 10.6 Å². The van der Waals surface area contributed by atoms with Gasteiger partial charge in [0.15, 0.2) is 0 Å². The van der Waals surface area contributed by atoms with Crippen LogP contribution < -0.4 is 19.2 Å². The molecule has 0 saturated carbocycles. The van der Waals surface area contributed by atoms with Gasteiger partial charge in [0, 0.05) is 23.7 Å². The zero-order chi connectivity index (χ0) is 32.6. The Bertz CT molecular complexity index is 1820. The number of benzene rings is 4. The van der Waals surface area contributed by atoms with E-state index in [1.807, 2.05) is 12.1 Å². The molecule has 0 fully saturated rings. The molecule has 0 spiro atoms. The molecule has 2 N–H and O–H groups in total. The number of carbonyl (C=O) groups excluding carboxylic acids is 2. The van der Waals surface area contributed by atoms with Crippen LogP contribution in [0.2, 0.25) is 0 Å². The van der Waals surface area contributed by atoms with Crippen LogP contribution in [0.3, 0.4) is 0 Å². The summed E-state index contributed by atoms with van der Waals surface area (Å²) in [6.45, 7) is 2.19. The molecule has 236 valence electrons. The minimum absolute atomic E-state index is 0.122. The second-order valence-corrected chi connectivity index (χ2v) is 14.5. The fraction of sp³-hybridized carbons (Fsp3) is 0.212. The van der Waals surface area contributed by atoms with Crippen LogP contribution in [-0.2, 0) is 33.1 Å². The Balaban J connectivity index is 1.29. The SMILES string of the molecule is C[C@@H](CNC(=O)c1ccc(CN(c2ccccc2)S(C)(=O)=O)cc1)NC(=O)c1ccc(CN(c2ccccc2)S(C)(=O)=O)cc1. The van der Waals surface area contributed by atoms with Crippen LogP contribution in [0.1, 0.15) is 38.8 Å². The average molecular weight is 649 g/mol. The molecule has 0 bridgehead atoms. The van der Waals surface area contributed by atoms with Crippen LogP contribution in [0.4, 0.5) is 11.4 Å². The molecular weight excluding hydrogens is 613 g/mol. The summed E-state index contributed by atoms with van der Waals surface area (Å²) < 4.78 is 52.1. The molecule has 4 aromatic carbocycles. The van der Waals surface area contributed by atoms with Gasteiger partial charge in [-0.15, -0.1) is 0 Å². The summed E-state index contributed by atoms with van der Waals surface area (Å²) in [4.78, 5) is 25.5. The van der Waals surface area contributed by atoms with Crippen LogP contribution in [0, 0.1) is 0 Å². The van der Waals surface area contributed by atoms with Gasteiger partial charge >= 0.3 is 0 Å². The van der Waals surface area contributed by atoms with Gasteiger partial charge in [-0.2, -0.15) is 0 Å². The number of hydrogen-bond donors (Lipinski definition) is 2. The van der Waals surface area contributed by atoms with E-state index in [1.165, 1.54) is 8.61 Å². The zero-order valence-corrected chi connectivity index (χ0v) is 26.9. The summed E-state index contributed by atoms with van der Waals surface area (Å²) in [5.41, 5.74) is 3.34. The number of amides is 2. The monoisotopic (exact) mass is 648 g/mol. The maximum Gasteiger partial charge on any atom is 0.251 e. The van der Waals surface area contributed by atoms with Crippen LogP contribution in [0.5, 0.6) is 0 Å². The van der Waals surface area contributed by atoms with Crippen molar-refractivity contribution in [2.45, 2.75) is 26.1 Å². The first kappa shape index (κ1) is 33.2. The third-order valence-electron chi connectivity index (χ3n) is 6.92. The van der Waals surface area contributed by atoms with Crippen LogP contribution >= 0.6 is 0 Å². The molecule has 4 aromatic rings. The van der Waals surface area contributed by atoms with E-state index in [4.69, 9.17) is 0 Å². The lowest BCUT2D eigenvalue weighted by atomic mass is 10.1. The first-order chi connectivity index (χ1) is 21.3. The standard InChI is InChI=1S/C33H36N4O6S2/c1-25(35-33(39)29-20-16-27(17-21-29)24-37(45(3,42)43)31-12-8-5-9-13-31)22-34-32(38)28-18-14-26(15-19-28)23-36(44(2,40)41)30-10-6-4-7-11-30/h4-21,25H,22-24H2,1-3H3,(H,34,38)(H,35,39)/t25-/m0/s1. The first-order valence-corrected chi connectivity index (χ1v) is 17.8. The molecule has 0 radical (unpaired) electrons. The second-order valence-electron chi connectivity index (χ2n) is 10.7. The molecule has 0 unspecified atom stereocenters. The Morgan fingerprint density at radius 2 is 0.978 bits per heavy atom. The van der Waals surface area contributed by atoms with Gasteiger partial charge in [0.05, 0.1) is 37.0 Å². The van der Waals surface area contributed by atoms with E-state index in [0.29, 0.717) is 22.5 Å². The molecule has 10 nitrogen and oxygen atoms in total. The number of para-hydroxylation sites is 2. The minimum Gasteiger partial charge on any atom is -0.350 e. The Kier molecular flexibility index (Phi) is 10.6. The molecule has 2 amide bonds. The van der Waals surface area contributed by atoms with E-state index >= 15 is 0 Å². The largest absolute Gasteiger partial charge is 0.350 e. The van der Waals surface area contributed by atoms with E-state index in [-0.39, 0.29) is 37.5 Å². The van der Waals surface area contributed by atoms with Gasteiger partial charge in [-0.05, 0) is 66.6 Å². The molecular formula is C33H36N4O6S2. The predicted molar refractivity (Wildman–Crippen MR) is 177 cm³/mol. The lowest BCUT2D eigenvalue weighted by Crippen LogP contribution is -2.41. The highest BCUT2D eigenvalue weighted by Crippen LogP contribution is 2.21. The molecule has 0 aliphatic rings. The van der Waals surface area contributed by atoms with Gasteiger partial charge in [-0.1, -0.05) is 60.7 Å². The topological polar surface area (TPSA) is 133 Å². The summed E-state index contributed by atoms with van der Waals surface area (Å²) in [6, 6.07) is 30.6.